The molecule has 9 rings (SSSR count). The monoisotopic (exact) mass is 633 g/mol. The molecule has 2 aromatic heterocycles. The van der Waals surface area contributed by atoms with Crippen LogP contribution in [0.5, 0.6) is 0 Å². The highest BCUT2D eigenvalue weighted by Gasteiger charge is 2.46. The minimum atomic E-state index is -0.180. The van der Waals surface area contributed by atoms with Crippen molar-refractivity contribution in [3.05, 3.63) is 151 Å². The highest BCUT2D eigenvalue weighted by atomic mass is 16.3. The Bertz CT molecular complexity index is 2550. The number of benzene rings is 6. The van der Waals surface area contributed by atoms with Crippen LogP contribution >= 0.6 is 0 Å². The highest BCUT2D eigenvalue weighted by Crippen LogP contribution is 2.56. The Kier molecular flexibility index (Phi) is 6.47. The van der Waals surface area contributed by atoms with E-state index < -0.39 is 0 Å². The van der Waals surface area contributed by atoms with E-state index in [2.05, 4.69) is 119 Å². The molecule has 0 unspecified atom stereocenters. The number of rotatable bonds is 4. The molecule has 4 nitrogen and oxygen atoms in total. The smallest absolute Gasteiger partial charge is 0.164 e. The first-order valence-electron chi connectivity index (χ1n) is 16.9. The molecule has 0 saturated carbocycles. The fourth-order valence-electron chi connectivity index (χ4n) is 7.61. The number of hydrogen-bond acceptors (Lipinski definition) is 4. The lowest BCUT2D eigenvalue weighted by molar-refractivity contribution is 0.299. The first kappa shape index (κ1) is 29.3. The maximum atomic E-state index is 6.27. The Morgan fingerprint density at radius 2 is 1.02 bits per heavy atom. The molecule has 4 heteroatoms. The zero-order valence-electron chi connectivity index (χ0n) is 28.0. The molecule has 0 spiro atoms. The quantitative estimate of drug-likeness (QED) is 0.193. The summed E-state index contributed by atoms with van der Waals surface area (Å²) in [6, 6.07) is 48.7. The van der Waals surface area contributed by atoms with Crippen LogP contribution in [0.25, 0.3) is 78.4 Å². The van der Waals surface area contributed by atoms with Gasteiger partial charge in [-0.1, -0.05) is 149 Å². The largest absolute Gasteiger partial charge is 0.456 e. The van der Waals surface area contributed by atoms with Crippen molar-refractivity contribution in [1.29, 1.82) is 0 Å². The summed E-state index contributed by atoms with van der Waals surface area (Å²) in [6.45, 7) is 9.49. The first-order valence-corrected chi connectivity index (χ1v) is 16.9. The number of aromatic nitrogens is 3. The van der Waals surface area contributed by atoms with Crippen LogP contribution in [-0.4, -0.2) is 15.0 Å². The third-order valence-corrected chi connectivity index (χ3v) is 10.9. The number of furan rings is 1. The van der Waals surface area contributed by atoms with E-state index in [1.807, 2.05) is 48.5 Å². The minimum absolute atomic E-state index is 0.143. The molecule has 0 bridgehead atoms. The maximum Gasteiger partial charge on any atom is 0.164 e. The highest BCUT2D eigenvalue weighted by molar-refractivity contribution is 6.11. The van der Waals surface area contributed by atoms with Crippen LogP contribution < -0.4 is 0 Å². The van der Waals surface area contributed by atoms with E-state index in [4.69, 9.17) is 19.4 Å². The van der Waals surface area contributed by atoms with Crippen LogP contribution in [0.15, 0.2) is 144 Å². The second-order valence-corrected chi connectivity index (χ2v) is 14.1. The lowest BCUT2D eigenvalue weighted by Gasteiger charge is -2.49. The lowest BCUT2D eigenvalue weighted by Crippen LogP contribution is -2.43. The van der Waals surface area contributed by atoms with Crippen LogP contribution in [-0.2, 0) is 10.8 Å². The lowest BCUT2D eigenvalue weighted by atomic mass is 9.55. The summed E-state index contributed by atoms with van der Waals surface area (Å²) in [4.78, 5) is 15.6. The standard InChI is InChI=1S/C45H35N3O/c1-44(2)35-22-13-20-33(39(35)31-26-25-30(27-36(31)45(44,3)4)28-15-7-5-8-16-28)42-46-41(29-17-9-6-10-18-29)47-43(48-42)34-21-14-24-38-40(34)32-19-11-12-23-37(32)49-38/h5-27H,1-4H3. The molecule has 236 valence electrons. The second kappa shape index (κ2) is 10.8. The minimum Gasteiger partial charge on any atom is -0.456 e. The number of hydrogen-bond donors (Lipinski definition) is 0. The van der Waals surface area contributed by atoms with Crippen molar-refractivity contribution in [2.75, 3.05) is 0 Å². The molecular weight excluding hydrogens is 599 g/mol. The summed E-state index contributed by atoms with van der Waals surface area (Å²) in [5.41, 5.74) is 11.7. The normalized spacial score (nSPS) is 14.4. The van der Waals surface area contributed by atoms with E-state index >= 15 is 0 Å². The summed E-state index contributed by atoms with van der Waals surface area (Å²) >= 11 is 0. The van der Waals surface area contributed by atoms with Gasteiger partial charge in [-0.15, -0.1) is 0 Å². The molecule has 0 N–H and O–H groups in total. The van der Waals surface area contributed by atoms with Crippen LogP contribution in [0.2, 0.25) is 0 Å². The molecule has 0 amide bonds. The summed E-state index contributed by atoms with van der Waals surface area (Å²) < 4.78 is 6.27. The molecule has 0 aliphatic heterocycles. The van der Waals surface area contributed by atoms with Crippen molar-refractivity contribution in [2.24, 2.45) is 0 Å². The van der Waals surface area contributed by atoms with Crippen molar-refractivity contribution < 1.29 is 4.42 Å². The average molecular weight is 634 g/mol. The Morgan fingerprint density at radius 3 is 1.80 bits per heavy atom. The van der Waals surface area contributed by atoms with Crippen molar-refractivity contribution in [3.63, 3.8) is 0 Å². The number of fused-ring (bicyclic) bond motifs is 6. The molecule has 8 aromatic rings. The molecule has 1 aliphatic carbocycles. The average Bonchev–Trinajstić information content (AvgIpc) is 3.53. The predicted octanol–water partition coefficient (Wildman–Crippen LogP) is 11.7. The Morgan fingerprint density at radius 1 is 0.429 bits per heavy atom. The first-order chi connectivity index (χ1) is 23.8. The molecule has 0 radical (unpaired) electrons. The Hall–Kier alpha value is -5.87. The van der Waals surface area contributed by atoms with Crippen molar-refractivity contribution in [3.8, 4) is 56.4 Å². The van der Waals surface area contributed by atoms with Crippen LogP contribution in [0.3, 0.4) is 0 Å². The number of para-hydroxylation sites is 1. The van der Waals surface area contributed by atoms with Gasteiger partial charge < -0.3 is 4.42 Å². The van der Waals surface area contributed by atoms with Gasteiger partial charge in [-0.3, -0.25) is 0 Å². The fraction of sp³-hybridized carbons (Fsp3) is 0.133. The predicted molar refractivity (Wildman–Crippen MR) is 200 cm³/mol. The van der Waals surface area contributed by atoms with Gasteiger partial charge >= 0.3 is 0 Å². The molecule has 49 heavy (non-hydrogen) atoms. The van der Waals surface area contributed by atoms with Gasteiger partial charge in [-0.25, -0.2) is 15.0 Å². The van der Waals surface area contributed by atoms with Gasteiger partial charge in [0.25, 0.3) is 0 Å². The summed E-state index contributed by atoms with van der Waals surface area (Å²) in [5.74, 6) is 1.91. The molecule has 2 heterocycles. The van der Waals surface area contributed by atoms with E-state index in [-0.39, 0.29) is 10.8 Å². The van der Waals surface area contributed by atoms with Gasteiger partial charge in [-0.2, -0.15) is 0 Å². The van der Waals surface area contributed by atoms with Gasteiger partial charge in [0.15, 0.2) is 17.5 Å². The van der Waals surface area contributed by atoms with E-state index in [1.165, 1.54) is 33.4 Å². The van der Waals surface area contributed by atoms with Crippen molar-refractivity contribution in [2.45, 2.75) is 38.5 Å². The maximum absolute atomic E-state index is 6.27. The molecule has 0 saturated heterocycles. The Balaban J connectivity index is 1.32. The molecule has 6 aromatic carbocycles. The van der Waals surface area contributed by atoms with Crippen LogP contribution in [0, 0.1) is 0 Å². The van der Waals surface area contributed by atoms with Gasteiger partial charge in [-0.05, 0) is 62.4 Å². The third kappa shape index (κ3) is 4.48. The van der Waals surface area contributed by atoms with Crippen LogP contribution in [0.4, 0.5) is 0 Å². The SMILES string of the molecule is CC1(C)c2cc(-c3ccccc3)ccc2-c2c(-c3nc(-c4ccccc4)nc(-c4cccc5oc6ccccc6c45)n3)cccc2C1(C)C. The third-order valence-electron chi connectivity index (χ3n) is 10.9. The Labute approximate surface area is 286 Å². The zero-order valence-corrected chi connectivity index (χ0v) is 28.0. The molecular formula is C45H35N3O. The zero-order chi connectivity index (χ0) is 33.3. The van der Waals surface area contributed by atoms with Gasteiger partial charge in [0.05, 0.1) is 0 Å². The summed E-state index contributed by atoms with van der Waals surface area (Å²) in [5, 5.41) is 2.05. The topological polar surface area (TPSA) is 51.8 Å². The molecule has 1 aliphatic rings. The second-order valence-electron chi connectivity index (χ2n) is 14.1. The van der Waals surface area contributed by atoms with Crippen molar-refractivity contribution in [1.82, 2.24) is 15.0 Å². The van der Waals surface area contributed by atoms with E-state index in [9.17, 15) is 0 Å². The van der Waals surface area contributed by atoms with E-state index in [0.717, 1.165) is 38.6 Å². The van der Waals surface area contributed by atoms with E-state index in [1.54, 1.807) is 0 Å². The van der Waals surface area contributed by atoms with Crippen LogP contribution in [0.1, 0.15) is 38.8 Å². The molecule has 0 fully saturated rings. The number of nitrogens with zero attached hydrogens (tertiary/aromatic N) is 3. The summed E-state index contributed by atoms with van der Waals surface area (Å²) in [7, 11) is 0. The van der Waals surface area contributed by atoms with Crippen molar-refractivity contribution >= 4 is 21.9 Å². The van der Waals surface area contributed by atoms with E-state index in [0.29, 0.717) is 17.5 Å². The van der Waals surface area contributed by atoms with Gasteiger partial charge in [0.2, 0.25) is 0 Å². The molecule has 0 atom stereocenters. The van der Waals surface area contributed by atoms with Gasteiger partial charge in [0.1, 0.15) is 11.2 Å². The summed E-state index contributed by atoms with van der Waals surface area (Å²) in [6.07, 6.45) is 0. The fourth-order valence-corrected chi connectivity index (χ4v) is 7.61. The van der Waals surface area contributed by atoms with Gasteiger partial charge in [0, 0.05) is 27.5 Å².